The number of likely N-dealkylation sites (tertiary alicyclic amines) is 1. The van der Waals surface area contributed by atoms with E-state index in [9.17, 15) is 13.2 Å². The monoisotopic (exact) mass is 332 g/mol. The summed E-state index contributed by atoms with van der Waals surface area (Å²) >= 11 is 5.95. The largest absolute Gasteiger partial charge is 0.495 e. The van der Waals surface area contributed by atoms with Gasteiger partial charge < -0.3 is 9.64 Å². The van der Waals surface area contributed by atoms with E-state index in [1.807, 2.05) is 0 Å². The number of rotatable bonds is 4. The van der Waals surface area contributed by atoms with Crippen LogP contribution in [0.1, 0.15) is 13.3 Å². The first kappa shape index (κ1) is 16.1. The van der Waals surface area contributed by atoms with E-state index in [1.165, 1.54) is 32.2 Å². The Morgan fingerprint density at radius 2 is 2.19 bits per heavy atom. The van der Waals surface area contributed by atoms with Crippen LogP contribution in [0.15, 0.2) is 23.1 Å². The van der Waals surface area contributed by atoms with Crippen LogP contribution in [-0.2, 0) is 14.8 Å². The number of sulfonamides is 1. The first-order valence-corrected chi connectivity index (χ1v) is 8.31. The number of nitrogens with one attached hydrogen (secondary N) is 1. The normalized spacial score (nSPS) is 18.8. The van der Waals surface area contributed by atoms with Crippen molar-refractivity contribution in [3.05, 3.63) is 23.2 Å². The summed E-state index contributed by atoms with van der Waals surface area (Å²) in [5.41, 5.74) is 0. The predicted octanol–water partition coefficient (Wildman–Crippen LogP) is 1.25. The molecule has 1 aliphatic heterocycles. The molecule has 0 spiro atoms. The summed E-state index contributed by atoms with van der Waals surface area (Å²) in [5, 5.41) is 0.233. The minimum absolute atomic E-state index is 0.0517. The zero-order chi connectivity index (χ0) is 15.6. The maximum atomic E-state index is 12.3. The quantitative estimate of drug-likeness (QED) is 0.900. The number of hydrogen-bond acceptors (Lipinski definition) is 4. The molecule has 1 aromatic rings. The van der Waals surface area contributed by atoms with E-state index in [0.717, 1.165) is 0 Å². The summed E-state index contributed by atoms with van der Waals surface area (Å²) in [6, 6.07) is 4.01. The van der Waals surface area contributed by atoms with Crippen LogP contribution in [0.3, 0.4) is 0 Å². The van der Waals surface area contributed by atoms with E-state index in [2.05, 4.69) is 4.72 Å². The minimum atomic E-state index is -3.67. The van der Waals surface area contributed by atoms with Crippen LogP contribution in [0.25, 0.3) is 0 Å². The van der Waals surface area contributed by atoms with Gasteiger partial charge >= 0.3 is 0 Å². The topological polar surface area (TPSA) is 75.7 Å². The van der Waals surface area contributed by atoms with Crippen LogP contribution in [-0.4, -0.2) is 45.5 Å². The lowest BCUT2D eigenvalue weighted by Crippen LogP contribution is -2.37. The Bertz CT molecular complexity index is 648. The van der Waals surface area contributed by atoms with Crippen molar-refractivity contribution in [3.8, 4) is 5.75 Å². The van der Waals surface area contributed by atoms with Crippen molar-refractivity contribution in [1.29, 1.82) is 0 Å². The van der Waals surface area contributed by atoms with Gasteiger partial charge in [-0.15, -0.1) is 0 Å². The first-order chi connectivity index (χ1) is 9.83. The summed E-state index contributed by atoms with van der Waals surface area (Å²) in [6.07, 6.45) is 0.600. The molecule has 0 aliphatic carbocycles. The van der Waals surface area contributed by atoms with Gasteiger partial charge in [0.15, 0.2) is 0 Å². The lowest BCUT2D eigenvalue weighted by molar-refractivity contribution is -0.127. The molecule has 1 heterocycles. The number of carbonyl (C=O) groups is 1. The van der Waals surface area contributed by atoms with Gasteiger partial charge in [-0.25, -0.2) is 13.1 Å². The molecule has 6 nitrogen and oxygen atoms in total. The van der Waals surface area contributed by atoms with E-state index >= 15 is 0 Å². The molecule has 1 unspecified atom stereocenters. The van der Waals surface area contributed by atoms with Gasteiger partial charge in [0, 0.05) is 26.1 Å². The molecule has 116 valence electrons. The second-order valence-electron chi connectivity index (χ2n) is 4.87. The molecule has 21 heavy (non-hydrogen) atoms. The van der Waals surface area contributed by atoms with Gasteiger partial charge in [-0.2, -0.15) is 0 Å². The molecule has 1 N–H and O–H groups in total. The van der Waals surface area contributed by atoms with E-state index < -0.39 is 10.0 Å². The van der Waals surface area contributed by atoms with Crippen LogP contribution in [0.4, 0.5) is 0 Å². The first-order valence-electron chi connectivity index (χ1n) is 6.45. The molecule has 1 fully saturated rings. The van der Waals surface area contributed by atoms with Crippen LogP contribution in [0, 0.1) is 0 Å². The zero-order valence-electron chi connectivity index (χ0n) is 11.8. The minimum Gasteiger partial charge on any atom is -0.495 e. The molecule has 1 aromatic carbocycles. The van der Waals surface area contributed by atoms with Crippen LogP contribution < -0.4 is 9.46 Å². The number of carbonyl (C=O) groups excluding carboxylic acids is 1. The third-order valence-electron chi connectivity index (χ3n) is 3.39. The van der Waals surface area contributed by atoms with Crippen LogP contribution in [0.5, 0.6) is 5.75 Å². The Morgan fingerprint density at radius 1 is 1.48 bits per heavy atom. The highest BCUT2D eigenvalue weighted by molar-refractivity contribution is 7.89. The summed E-state index contributed by atoms with van der Waals surface area (Å²) in [5.74, 6) is 0.364. The van der Waals surface area contributed by atoms with Gasteiger partial charge in [-0.05, 0) is 24.6 Å². The Balaban J connectivity index is 2.12. The maximum absolute atomic E-state index is 12.3. The zero-order valence-corrected chi connectivity index (χ0v) is 13.4. The highest BCUT2D eigenvalue weighted by atomic mass is 35.5. The van der Waals surface area contributed by atoms with Crippen molar-refractivity contribution < 1.29 is 17.9 Å². The Hall–Kier alpha value is -1.31. The SMILES string of the molecule is COc1ccc(S(=O)(=O)NC2CCN(C(C)=O)C2)cc1Cl. The number of nitrogens with zero attached hydrogens (tertiary/aromatic N) is 1. The van der Waals surface area contributed by atoms with Gasteiger partial charge in [0.25, 0.3) is 0 Å². The van der Waals surface area contributed by atoms with Gasteiger partial charge in [-0.3, -0.25) is 4.79 Å². The van der Waals surface area contributed by atoms with Gasteiger partial charge in [0.2, 0.25) is 15.9 Å². The molecule has 2 rings (SSSR count). The van der Waals surface area contributed by atoms with Crippen LogP contribution in [0.2, 0.25) is 5.02 Å². The molecule has 0 saturated carbocycles. The number of amides is 1. The second-order valence-corrected chi connectivity index (χ2v) is 6.99. The molecular formula is C13H17ClN2O4S. The summed E-state index contributed by atoms with van der Waals surface area (Å²) in [6.45, 7) is 2.42. The average Bonchev–Trinajstić information content (AvgIpc) is 2.86. The summed E-state index contributed by atoms with van der Waals surface area (Å²) in [7, 11) is -2.21. The standard InChI is InChI=1S/C13H17ClN2O4S/c1-9(17)16-6-5-10(8-16)15-21(18,19)11-3-4-13(20-2)12(14)7-11/h3-4,7,10,15H,5-6,8H2,1-2H3. The molecule has 0 radical (unpaired) electrons. The summed E-state index contributed by atoms with van der Waals surface area (Å²) in [4.78, 5) is 13.0. The van der Waals surface area contributed by atoms with Crippen molar-refractivity contribution in [2.75, 3.05) is 20.2 Å². The van der Waals surface area contributed by atoms with Crippen molar-refractivity contribution >= 4 is 27.5 Å². The van der Waals surface area contributed by atoms with Gasteiger partial charge in [0.1, 0.15) is 5.75 Å². The number of hydrogen-bond donors (Lipinski definition) is 1. The second kappa shape index (κ2) is 6.21. The number of ether oxygens (including phenoxy) is 1. The highest BCUT2D eigenvalue weighted by Gasteiger charge is 2.28. The maximum Gasteiger partial charge on any atom is 0.240 e. The van der Waals surface area contributed by atoms with Crippen molar-refractivity contribution in [2.45, 2.75) is 24.3 Å². The number of methoxy groups -OCH3 is 1. The molecule has 0 aromatic heterocycles. The highest BCUT2D eigenvalue weighted by Crippen LogP contribution is 2.27. The fraction of sp³-hybridized carbons (Fsp3) is 0.462. The van der Waals surface area contributed by atoms with E-state index in [4.69, 9.17) is 16.3 Å². The van der Waals surface area contributed by atoms with Crippen molar-refractivity contribution in [1.82, 2.24) is 9.62 Å². The molecule has 1 saturated heterocycles. The Labute approximate surface area is 129 Å². The molecule has 1 aliphatic rings. The third kappa shape index (κ3) is 3.66. The molecular weight excluding hydrogens is 316 g/mol. The fourth-order valence-corrected chi connectivity index (χ4v) is 3.85. The Kier molecular flexibility index (Phi) is 4.75. The smallest absolute Gasteiger partial charge is 0.240 e. The lowest BCUT2D eigenvalue weighted by atomic mass is 10.3. The third-order valence-corrected chi connectivity index (χ3v) is 5.20. The van der Waals surface area contributed by atoms with Crippen molar-refractivity contribution in [2.24, 2.45) is 0 Å². The molecule has 8 heteroatoms. The average molecular weight is 333 g/mol. The molecule has 0 bridgehead atoms. The Morgan fingerprint density at radius 3 is 2.71 bits per heavy atom. The van der Waals surface area contributed by atoms with Gasteiger partial charge in [0.05, 0.1) is 17.0 Å². The molecule has 1 amide bonds. The van der Waals surface area contributed by atoms with E-state index in [-0.39, 0.29) is 21.9 Å². The van der Waals surface area contributed by atoms with E-state index in [0.29, 0.717) is 25.3 Å². The fourth-order valence-electron chi connectivity index (χ4n) is 2.24. The number of benzene rings is 1. The molecule has 1 atom stereocenters. The van der Waals surface area contributed by atoms with E-state index in [1.54, 1.807) is 4.90 Å². The predicted molar refractivity (Wildman–Crippen MR) is 79.0 cm³/mol. The number of halogens is 1. The lowest BCUT2D eigenvalue weighted by Gasteiger charge is -2.15. The van der Waals surface area contributed by atoms with Crippen molar-refractivity contribution in [3.63, 3.8) is 0 Å². The summed E-state index contributed by atoms with van der Waals surface area (Å²) < 4.78 is 32.2. The van der Waals surface area contributed by atoms with Gasteiger partial charge in [-0.1, -0.05) is 11.6 Å². The van der Waals surface area contributed by atoms with Crippen LogP contribution >= 0.6 is 11.6 Å².